The van der Waals surface area contributed by atoms with E-state index in [9.17, 15) is 4.79 Å². The van der Waals surface area contributed by atoms with Crippen molar-refractivity contribution < 1.29 is 23.4 Å². The van der Waals surface area contributed by atoms with Crippen LogP contribution in [-0.4, -0.2) is 51.0 Å². The molecule has 0 radical (unpaired) electrons. The highest BCUT2D eigenvalue weighted by atomic mass is 79.9. The summed E-state index contributed by atoms with van der Waals surface area (Å²) in [6, 6.07) is 0. The van der Waals surface area contributed by atoms with Crippen molar-refractivity contribution in [2.75, 3.05) is 18.2 Å². The summed E-state index contributed by atoms with van der Waals surface area (Å²) >= 11 is 3.52. The van der Waals surface area contributed by atoms with E-state index in [1.165, 1.54) is 6.08 Å². The van der Waals surface area contributed by atoms with Crippen molar-refractivity contribution in [1.29, 1.82) is 0 Å². The van der Waals surface area contributed by atoms with Crippen LogP contribution in [0.1, 0.15) is 20.3 Å². The molecule has 3 atom stereocenters. The highest BCUT2D eigenvalue weighted by Gasteiger charge is 2.33. The summed E-state index contributed by atoms with van der Waals surface area (Å²) in [6.45, 7) is 8.95. The third-order valence-electron chi connectivity index (χ3n) is 3.15. The molecule has 1 rings (SSSR count). The minimum absolute atomic E-state index is 0.141. The number of hydrogen-bond donors (Lipinski definition) is 0. The van der Waals surface area contributed by atoms with Gasteiger partial charge in [0, 0.05) is 17.6 Å². The van der Waals surface area contributed by atoms with Gasteiger partial charge >= 0.3 is 5.97 Å². The summed E-state index contributed by atoms with van der Waals surface area (Å²) in [5, 5.41) is 0. The molecule has 0 bridgehead atoms. The maximum absolute atomic E-state index is 11.4. The number of rotatable bonds is 9. The molecular weight excluding hydrogens is 380 g/mol. The second kappa shape index (κ2) is 10.4. The van der Waals surface area contributed by atoms with E-state index in [1.807, 2.05) is 19.1 Å². The summed E-state index contributed by atoms with van der Waals surface area (Å²) in [5.41, 5.74) is 0. The third kappa shape index (κ3) is 7.76. The van der Waals surface area contributed by atoms with Crippen LogP contribution in [0.4, 0.5) is 0 Å². The van der Waals surface area contributed by atoms with Crippen LogP contribution in [0.25, 0.3) is 0 Å². The number of hydrogen-bond acceptors (Lipinski definition) is 5. The molecule has 0 aromatic heterocycles. The average Bonchev–Trinajstić information content (AvgIpc) is 2.50. The number of esters is 1. The monoisotopic (exact) mass is 406 g/mol. The van der Waals surface area contributed by atoms with Gasteiger partial charge in [0.15, 0.2) is 14.6 Å². The minimum Gasteiger partial charge on any atom is -0.463 e. The summed E-state index contributed by atoms with van der Waals surface area (Å²) in [6.07, 6.45) is 6.96. The fourth-order valence-corrected chi connectivity index (χ4v) is 3.50. The zero-order valence-electron chi connectivity index (χ0n) is 14.3. The Kier molecular flexibility index (Phi) is 9.31. The van der Waals surface area contributed by atoms with Crippen LogP contribution in [0, 0.1) is 0 Å². The second-order valence-corrected chi connectivity index (χ2v) is 11.5. The Morgan fingerprint density at radius 1 is 1.30 bits per heavy atom. The molecule has 0 saturated heterocycles. The van der Waals surface area contributed by atoms with Gasteiger partial charge in [0.2, 0.25) is 0 Å². The van der Waals surface area contributed by atoms with Crippen LogP contribution < -0.4 is 0 Å². The zero-order chi connectivity index (χ0) is 17.3. The summed E-state index contributed by atoms with van der Waals surface area (Å²) < 4.78 is 22.6. The molecule has 0 aliphatic carbocycles. The van der Waals surface area contributed by atoms with Crippen LogP contribution >= 0.6 is 15.9 Å². The van der Waals surface area contributed by atoms with Crippen molar-refractivity contribution in [3.8, 4) is 0 Å². The van der Waals surface area contributed by atoms with Crippen molar-refractivity contribution in [2.24, 2.45) is 0 Å². The van der Waals surface area contributed by atoms with E-state index in [0.717, 1.165) is 4.95 Å². The number of alkyl halides is 1. The van der Waals surface area contributed by atoms with E-state index in [1.54, 1.807) is 13.0 Å². The Morgan fingerprint density at radius 3 is 2.65 bits per heavy atom. The van der Waals surface area contributed by atoms with Crippen molar-refractivity contribution in [1.82, 2.24) is 0 Å². The van der Waals surface area contributed by atoms with E-state index in [-0.39, 0.29) is 24.5 Å². The van der Waals surface area contributed by atoms with Crippen LogP contribution in [0.2, 0.25) is 13.1 Å². The molecule has 23 heavy (non-hydrogen) atoms. The SMILES string of the molecule is CCOC(=O)/C=C/C[C@H]1O[C@H](OCC)C=C[C@@H]1O[Si](C)(C)CBr. The van der Waals surface area contributed by atoms with Gasteiger partial charge in [-0.1, -0.05) is 28.1 Å². The lowest BCUT2D eigenvalue weighted by atomic mass is 10.1. The average molecular weight is 407 g/mol. The van der Waals surface area contributed by atoms with Crippen molar-refractivity contribution >= 4 is 30.2 Å². The molecule has 0 amide bonds. The summed E-state index contributed by atoms with van der Waals surface area (Å²) in [4.78, 5) is 12.2. The molecule has 1 aliphatic heterocycles. The number of ether oxygens (including phenoxy) is 3. The third-order valence-corrected chi connectivity index (χ3v) is 8.76. The van der Waals surface area contributed by atoms with E-state index < -0.39 is 8.32 Å². The van der Waals surface area contributed by atoms with Crippen LogP contribution in [0.3, 0.4) is 0 Å². The van der Waals surface area contributed by atoms with E-state index >= 15 is 0 Å². The lowest BCUT2D eigenvalue weighted by Crippen LogP contribution is -2.45. The van der Waals surface area contributed by atoms with Gasteiger partial charge in [0.25, 0.3) is 0 Å². The lowest BCUT2D eigenvalue weighted by Gasteiger charge is -2.35. The lowest BCUT2D eigenvalue weighted by molar-refractivity contribution is -0.164. The topological polar surface area (TPSA) is 54.0 Å². The molecule has 0 spiro atoms. The highest BCUT2D eigenvalue weighted by Crippen LogP contribution is 2.23. The van der Waals surface area contributed by atoms with Gasteiger partial charge in [-0.05, 0) is 39.4 Å². The normalized spacial score (nSPS) is 25.0. The summed E-state index contributed by atoms with van der Waals surface area (Å²) in [7, 11) is -1.79. The largest absolute Gasteiger partial charge is 0.463 e. The molecule has 7 heteroatoms. The fourth-order valence-electron chi connectivity index (χ4n) is 2.07. The van der Waals surface area contributed by atoms with Crippen LogP contribution in [-0.2, 0) is 23.4 Å². The smallest absolute Gasteiger partial charge is 0.330 e. The number of halogens is 1. The molecule has 0 unspecified atom stereocenters. The standard InChI is InChI=1S/C16H27BrO5Si/c1-5-19-15(18)9-7-8-13-14(22-23(3,4)12-17)10-11-16(21-13)20-6-2/h7,9-11,13-14,16H,5-6,8,12H2,1-4H3/b9-7+/t13-,14+,16+/m1/s1. The van der Waals surface area contributed by atoms with Crippen molar-refractivity contribution in [2.45, 2.75) is 51.9 Å². The Morgan fingerprint density at radius 2 is 2.04 bits per heavy atom. The van der Waals surface area contributed by atoms with Crippen molar-refractivity contribution in [3.05, 3.63) is 24.3 Å². The molecule has 0 aromatic carbocycles. The first-order chi connectivity index (χ1) is 10.9. The molecule has 0 aromatic rings. The van der Waals surface area contributed by atoms with Gasteiger partial charge in [0.1, 0.15) is 0 Å². The highest BCUT2D eigenvalue weighted by molar-refractivity contribution is 9.09. The fraction of sp³-hybridized carbons (Fsp3) is 0.688. The van der Waals surface area contributed by atoms with Crippen LogP contribution in [0.15, 0.2) is 24.3 Å². The van der Waals surface area contributed by atoms with Crippen LogP contribution in [0.5, 0.6) is 0 Å². The predicted molar refractivity (Wildman–Crippen MR) is 96.0 cm³/mol. The number of carbonyl (C=O) groups is 1. The quantitative estimate of drug-likeness (QED) is 0.193. The second-order valence-electron chi connectivity index (χ2n) is 5.75. The summed E-state index contributed by atoms with van der Waals surface area (Å²) in [5.74, 6) is -0.340. The maximum atomic E-state index is 11.4. The predicted octanol–water partition coefficient (Wildman–Crippen LogP) is 3.34. The Bertz CT molecular complexity index is 425. The first-order valence-corrected chi connectivity index (χ1v) is 12.2. The molecular formula is C16H27BrO5Si. The van der Waals surface area contributed by atoms with E-state index in [4.69, 9.17) is 18.6 Å². The van der Waals surface area contributed by atoms with Gasteiger partial charge in [-0.15, -0.1) is 0 Å². The molecule has 1 aliphatic rings. The van der Waals surface area contributed by atoms with Gasteiger partial charge in [-0.3, -0.25) is 0 Å². The van der Waals surface area contributed by atoms with Gasteiger partial charge in [0.05, 0.1) is 18.8 Å². The van der Waals surface area contributed by atoms with Gasteiger partial charge in [-0.2, -0.15) is 0 Å². The first-order valence-electron chi connectivity index (χ1n) is 7.94. The number of carbonyl (C=O) groups excluding carboxylic acids is 1. The van der Waals surface area contributed by atoms with Gasteiger partial charge in [-0.25, -0.2) is 4.79 Å². The van der Waals surface area contributed by atoms with E-state index in [2.05, 4.69) is 29.0 Å². The Balaban J connectivity index is 2.71. The maximum Gasteiger partial charge on any atom is 0.330 e. The molecule has 5 nitrogen and oxygen atoms in total. The first kappa shape index (κ1) is 20.6. The molecule has 0 N–H and O–H groups in total. The molecule has 132 valence electrons. The van der Waals surface area contributed by atoms with E-state index in [0.29, 0.717) is 19.6 Å². The molecule has 0 fully saturated rings. The molecule has 0 saturated carbocycles. The molecule has 1 heterocycles. The van der Waals surface area contributed by atoms with Gasteiger partial charge < -0.3 is 18.6 Å². The Labute approximate surface area is 148 Å². The van der Waals surface area contributed by atoms with Crippen molar-refractivity contribution in [3.63, 3.8) is 0 Å². The zero-order valence-corrected chi connectivity index (χ0v) is 16.9. The minimum atomic E-state index is -1.79. The Hall–Kier alpha value is -0.473.